The van der Waals surface area contributed by atoms with Gasteiger partial charge < -0.3 is 10.0 Å². The lowest BCUT2D eigenvalue weighted by Gasteiger charge is -2.12. The van der Waals surface area contributed by atoms with E-state index in [2.05, 4.69) is 0 Å². The van der Waals surface area contributed by atoms with Gasteiger partial charge in [-0.05, 0) is 17.0 Å². The Balaban J connectivity index is 2.49. The number of thiocarbonyl (C=S) groups is 1. The van der Waals surface area contributed by atoms with Gasteiger partial charge in [0.2, 0.25) is 0 Å². The summed E-state index contributed by atoms with van der Waals surface area (Å²) in [5.41, 5.74) is 3.19. The minimum absolute atomic E-state index is 0.0662. The van der Waals surface area contributed by atoms with E-state index >= 15 is 0 Å². The van der Waals surface area contributed by atoms with Crippen LogP contribution >= 0.6 is 12.2 Å². The van der Waals surface area contributed by atoms with Crippen molar-refractivity contribution in [3.05, 3.63) is 41.5 Å². The molecule has 0 saturated carbocycles. The Morgan fingerprint density at radius 1 is 1.25 bits per heavy atom. The number of hydrogen-bond donors (Lipinski definition) is 1. The molecule has 3 rings (SSSR count). The van der Waals surface area contributed by atoms with Gasteiger partial charge in [-0.25, -0.2) is 0 Å². The maximum atomic E-state index is 9.32. The fraction of sp³-hybridized carbons (Fsp3) is 0.154. The van der Waals surface area contributed by atoms with E-state index in [4.69, 9.17) is 12.2 Å². The van der Waals surface area contributed by atoms with E-state index in [1.54, 1.807) is 0 Å². The molecule has 0 aliphatic carbocycles. The van der Waals surface area contributed by atoms with Crippen LogP contribution in [0.15, 0.2) is 30.3 Å². The van der Waals surface area contributed by atoms with Gasteiger partial charge >= 0.3 is 0 Å². The molecule has 3 heteroatoms. The Hall–Kier alpha value is -1.45. The summed E-state index contributed by atoms with van der Waals surface area (Å²) >= 11 is 5.40. The highest BCUT2D eigenvalue weighted by Gasteiger charge is 2.24. The molecule has 2 aromatic carbocycles. The summed E-state index contributed by atoms with van der Waals surface area (Å²) in [6.45, 7) is 0.0662. The van der Waals surface area contributed by atoms with Gasteiger partial charge in [0.1, 0.15) is 4.99 Å². The monoisotopic (exact) mass is 229 g/mol. The molecular formula is C13H11NOS. The number of aliphatic hydroxyl groups is 1. The molecule has 1 aliphatic heterocycles. The fourth-order valence-corrected chi connectivity index (χ4v) is 2.60. The average molecular weight is 229 g/mol. The predicted octanol–water partition coefficient (Wildman–Crippen LogP) is 2.46. The second-order valence-electron chi connectivity index (χ2n) is 3.99. The van der Waals surface area contributed by atoms with Crippen LogP contribution in [0.2, 0.25) is 0 Å². The Morgan fingerprint density at radius 3 is 2.81 bits per heavy atom. The fourth-order valence-electron chi connectivity index (χ4n) is 2.33. The van der Waals surface area contributed by atoms with Gasteiger partial charge in [-0.2, -0.15) is 0 Å². The van der Waals surface area contributed by atoms with Crippen molar-refractivity contribution in [3.63, 3.8) is 0 Å². The standard InChI is InChI=1S/C13H11NOS/c1-14-11-6-5-8(7-15)9-3-2-4-10(12(9)11)13(14)16/h2-6,15H,7H2,1H3. The smallest absolute Gasteiger partial charge is 0.114 e. The van der Waals surface area contributed by atoms with Crippen LogP contribution < -0.4 is 4.90 Å². The number of nitrogens with zero attached hydrogens (tertiary/aromatic N) is 1. The molecule has 80 valence electrons. The maximum absolute atomic E-state index is 9.32. The van der Waals surface area contributed by atoms with Crippen LogP contribution in [0.4, 0.5) is 5.69 Å². The molecule has 0 fully saturated rings. The molecule has 0 aromatic heterocycles. The van der Waals surface area contributed by atoms with E-state index in [9.17, 15) is 5.11 Å². The van der Waals surface area contributed by atoms with E-state index in [0.717, 1.165) is 27.2 Å². The van der Waals surface area contributed by atoms with Crippen LogP contribution in [-0.4, -0.2) is 17.1 Å². The summed E-state index contributed by atoms with van der Waals surface area (Å²) in [6, 6.07) is 10.1. The Morgan fingerprint density at radius 2 is 2.06 bits per heavy atom. The van der Waals surface area contributed by atoms with Crippen LogP contribution in [0.1, 0.15) is 11.1 Å². The largest absolute Gasteiger partial charge is 0.392 e. The van der Waals surface area contributed by atoms with Gasteiger partial charge in [-0.15, -0.1) is 0 Å². The van der Waals surface area contributed by atoms with E-state index in [1.807, 2.05) is 42.3 Å². The highest BCUT2D eigenvalue weighted by Crippen LogP contribution is 2.38. The maximum Gasteiger partial charge on any atom is 0.114 e. The Labute approximate surface area is 99.1 Å². The van der Waals surface area contributed by atoms with Crippen molar-refractivity contribution in [3.8, 4) is 0 Å². The van der Waals surface area contributed by atoms with Crippen LogP contribution in [0.3, 0.4) is 0 Å². The number of benzene rings is 2. The van der Waals surface area contributed by atoms with Crippen molar-refractivity contribution in [1.29, 1.82) is 0 Å². The van der Waals surface area contributed by atoms with Gasteiger partial charge in [0.05, 0.1) is 12.3 Å². The Bertz CT molecular complexity index is 606. The first-order valence-corrected chi connectivity index (χ1v) is 5.58. The van der Waals surface area contributed by atoms with E-state index in [-0.39, 0.29) is 6.61 Å². The SMILES string of the molecule is CN1C(=S)c2cccc3c(CO)ccc1c23. The lowest BCUT2D eigenvalue weighted by Crippen LogP contribution is -2.19. The summed E-state index contributed by atoms with van der Waals surface area (Å²) in [6.07, 6.45) is 0. The zero-order valence-electron chi connectivity index (χ0n) is 8.90. The normalized spacial score (nSPS) is 13.9. The Kier molecular flexibility index (Phi) is 1.99. The number of anilines is 1. The summed E-state index contributed by atoms with van der Waals surface area (Å²) in [5.74, 6) is 0. The predicted molar refractivity (Wildman–Crippen MR) is 70.0 cm³/mol. The number of rotatable bonds is 1. The van der Waals surface area contributed by atoms with E-state index in [1.165, 1.54) is 5.39 Å². The quantitative estimate of drug-likeness (QED) is 0.760. The third-order valence-corrected chi connectivity index (χ3v) is 3.67. The second-order valence-corrected chi connectivity index (χ2v) is 4.38. The van der Waals surface area contributed by atoms with Gasteiger partial charge in [-0.3, -0.25) is 0 Å². The van der Waals surface area contributed by atoms with Crippen molar-refractivity contribution in [2.45, 2.75) is 6.61 Å². The first-order valence-electron chi connectivity index (χ1n) is 5.17. The molecule has 1 heterocycles. The minimum Gasteiger partial charge on any atom is -0.392 e. The second kappa shape index (κ2) is 3.27. The first kappa shape index (κ1) is 9.75. The van der Waals surface area contributed by atoms with Gasteiger partial charge in [0.25, 0.3) is 0 Å². The number of hydrogen-bond acceptors (Lipinski definition) is 2. The molecule has 1 aliphatic rings. The molecule has 2 nitrogen and oxygen atoms in total. The van der Waals surface area contributed by atoms with Crippen molar-refractivity contribution < 1.29 is 5.11 Å². The lowest BCUT2D eigenvalue weighted by molar-refractivity contribution is 0.283. The third kappa shape index (κ3) is 1.07. The molecule has 0 unspecified atom stereocenters. The molecule has 0 bridgehead atoms. The summed E-state index contributed by atoms with van der Waals surface area (Å²) in [5, 5.41) is 11.6. The molecule has 0 atom stereocenters. The highest BCUT2D eigenvalue weighted by atomic mass is 32.1. The van der Waals surface area contributed by atoms with Crippen molar-refractivity contribution in [2.75, 3.05) is 11.9 Å². The molecule has 2 aromatic rings. The van der Waals surface area contributed by atoms with Crippen LogP contribution in [-0.2, 0) is 6.61 Å². The van der Waals surface area contributed by atoms with Gasteiger partial charge in [-0.1, -0.05) is 36.5 Å². The summed E-state index contributed by atoms with van der Waals surface area (Å²) < 4.78 is 0. The first-order chi connectivity index (χ1) is 7.74. The van der Waals surface area contributed by atoms with Crippen LogP contribution in [0.25, 0.3) is 10.8 Å². The molecular weight excluding hydrogens is 218 g/mol. The van der Waals surface area contributed by atoms with Gasteiger partial charge in [0.15, 0.2) is 0 Å². The molecule has 0 amide bonds. The van der Waals surface area contributed by atoms with Crippen LogP contribution in [0, 0.1) is 0 Å². The molecule has 16 heavy (non-hydrogen) atoms. The topological polar surface area (TPSA) is 23.5 Å². The van der Waals surface area contributed by atoms with Gasteiger partial charge in [0, 0.05) is 18.0 Å². The summed E-state index contributed by atoms with van der Waals surface area (Å²) in [4.78, 5) is 2.88. The molecule has 1 N–H and O–H groups in total. The lowest BCUT2D eigenvalue weighted by atomic mass is 10.0. The zero-order valence-corrected chi connectivity index (χ0v) is 9.71. The average Bonchev–Trinajstić information content (AvgIpc) is 2.57. The van der Waals surface area contributed by atoms with E-state index < -0.39 is 0 Å². The highest BCUT2D eigenvalue weighted by molar-refractivity contribution is 7.81. The molecule has 0 spiro atoms. The zero-order chi connectivity index (χ0) is 11.3. The molecule has 0 saturated heterocycles. The number of aliphatic hydroxyl groups excluding tert-OH is 1. The third-order valence-electron chi connectivity index (χ3n) is 3.18. The summed E-state index contributed by atoms with van der Waals surface area (Å²) in [7, 11) is 1.98. The van der Waals surface area contributed by atoms with Crippen molar-refractivity contribution in [1.82, 2.24) is 0 Å². The van der Waals surface area contributed by atoms with E-state index in [0.29, 0.717) is 0 Å². The molecule has 0 radical (unpaired) electrons. The minimum atomic E-state index is 0.0662. The van der Waals surface area contributed by atoms with Crippen molar-refractivity contribution >= 4 is 33.7 Å². The van der Waals surface area contributed by atoms with Crippen molar-refractivity contribution in [2.24, 2.45) is 0 Å². The van der Waals surface area contributed by atoms with Crippen LogP contribution in [0.5, 0.6) is 0 Å².